The third-order valence-electron chi connectivity index (χ3n) is 5.47. The van der Waals surface area contributed by atoms with Crippen molar-refractivity contribution in [3.63, 3.8) is 0 Å². The Morgan fingerprint density at radius 2 is 1.39 bits per heavy atom. The predicted octanol–water partition coefficient (Wildman–Crippen LogP) is 4.50. The molecular weight excluding hydrogens is 416 g/mol. The van der Waals surface area contributed by atoms with Crippen molar-refractivity contribution in [1.82, 2.24) is 10.2 Å². The van der Waals surface area contributed by atoms with Crippen LogP contribution < -0.4 is 16.0 Å². The van der Waals surface area contributed by atoms with Gasteiger partial charge in [-0.05, 0) is 66.9 Å². The molecule has 0 radical (unpaired) electrons. The molecule has 7 heteroatoms. The fourth-order valence-corrected chi connectivity index (χ4v) is 3.66. The van der Waals surface area contributed by atoms with Gasteiger partial charge >= 0.3 is 6.03 Å². The van der Waals surface area contributed by atoms with E-state index in [0.29, 0.717) is 29.0 Å². The monoisotopic (exact) mass is 442 g/mol. The number of amides is 4. The molecule has 0 bridgehead atoms. The Kier molecular flexibility index (Phi) is 6.99. The molecule has 7 nitrogen and oxygen atoms in total. The first kappa shape index (κ1) is 22.1. The zero-order chi connectivity index (χ0) is 23.0. The Balaban J connectivity index is 1.29. The van der Waals surface area contributed by atoms with Gasteiger partial charge in [0.1, 0.15) is 0 Å². The van der Waals surface area contributed by atoms with E-state index in [4.69, 9.17) is 0 Å². The van der Waals surface area contributed by atoms with Crippen molar-refractivity contribution in [2.24, 2.45) is 0 Å². The molecule has 0 aromatic heterocycles. The lowest BCUT2D eigenvalue weighted by Gasteiger charge is -2.16. The predicted molar refractivity (Wildman–Crippen MR) is 128 cm³/mol. The maximum absolute atomic E-state index is 12.5. The number of hydrogen-bond donors (Lipinski definition) is 3. The standard InChI is InChI=1S/C26H26N4O3/c31-24(21-11-13-22(14-12-21)28-25(32)20-8-2-1-3-9-20)27-18-19-7-6-10-23(17-19)29-26(33)30-15-4-5-16-30/h1-3,6-14,17H,4-5,15-16,18H2,(H,27,31)(H,28,32)(H,29,33). The number of hydrogen-bond acceptors (Lipinski definition) is 3. The van der Waals surface area contributed by atoms with E-state index >= 15 is 0 Å². The van der Waals surface area contributed by atoms with Crippen LogP contribution in [0.3, 0.4) is 0 Å². The van der Waals surface area contributed by atoms with Gasteiger partial charge in [-0.15, -0.1) is 0 Å². The molecular formula is C26H26N4O3. The Morgan fingerprint density at radius 3 is 2.12 bits per heavy atom. The summed E-state index contributed by atoms with van der Waals surface area (Å²) in [5, 5.41) is 8.62. The summed E-state index contributed by atoms with van der Waals surface area (Å²) in [6.45, 7) is 1.91. The van der Waals surface area contributed by atoms with Crippen LogP contribution in [0.15, 0.2) is 78.9 Å². The van der Waals surface area contributed by atoms with Crippen LogP contribution in [-0.2, 0) is 6.54 Å². The van der Waals surface area contributed by atoms with E-state index in [1.807, 2.05) is 30.3 Å². The molecule has 3 aromatic carbocycles. The smallest absolute Gasteiger partial charge is 0.321 e. The maximum Gasteiger partial charge on any atom is 0.321 e. The zero-order valence-corrected chi connectivity index (χ0v) is 18.2. The van der Waals surface area contributed by atoms with Crippen molar-refractivity contribution < 1.29 is 14.4 Å². The van der Waals surface area contributed by atoms with E-state index in [9.17, 15) is 14.4 Å². The van der Waals surface area contributed by atoms with Crippen LogP contribution in [0, 0.1) is 0 Å². The van der Waals surface area contributed by atoms with Crippen LogP contribution >= 0.6 is 0 Å². The summed E-state index contributed by atoms with van der Waals surface area (Å²) in [5.74, 6) is -0.424. The van der Waals surface area contributed by atoms with Crippen molar-refractivity contribution in [1.29, 1.82) is 0 Å². The molecule has 0 unspecified atom stereocenters. The topological polar surface area (TPSA) is 90.5 Å². The molecule has 1 fully saturated rings. The molecule has 1 aliphatic rings. The molecule has 3 N–H and O–H groups in total. The van der Waals surface area contributed by atoms with E-state index in [2.05, 4.69) is 16.0 Å². The van der Waals surface area contributed by atoms with Crippen molar-refractivity contribution in [3.05, 3.63) is 95.6 Å². The summed E-state index contributed by atoms with van der Waals surface area (Å²) in [4.78, 5) is 38.9. The van der Waals surface area contributed by atoms with Gasteiger partial charge in [-0.25, -0.2) is 4.79 Å². The van der Waals surface area contributed by atoms with Gasteiger partial charge in [-0.2, -0.15) is 0 Å². The quantitative estimate of drug-likeness (QED) is 0.525. The third kappa shape index (κ3) is 5.98. The number of rotatable bonds is 6. The minimum Gasteiger partial charge on any atom is -0.348 e. The Bertz CT molecular complexity index is 1120. The van der Waals surface area contributed by atoms with E-state index in [1.54, 1.807) is 53.4 Å². The second-order valence-electron chi connectivity index (χ2n) is 7.90. The highest BCUT2D eigenvalue weighted by molar-refractivity contribution is 6.04. The number of nitrogens with one attached hydrogen (secondary N) is 3. The summed E-state index contributed by atoms with van der Waals surface area (Å²) < 4.78 is 0. The molecule has 0 atom stereocenters. The SMILES string of the molecule is O=C(NCc1cccc(NC(=O)N2CCCC2)c1)c1ccc(NC(=O)c2ccccc2)cc1. The first-order valence-corrected chi connectivity index (χ1v) is 11.0. The van der Waals surface area contributed by atoms with Gasteiger partial charge in [0.2, 0.25) is 0 Å². The fraction of sp³-hybridized carbons (Fsp3) is 0.192. The normalized spacial score (nSPS) is 12.8. The lowest BCUT2D eigenvalue weighted by molar-refractivity contribution is 0.0950. The number of anilines is 2. The minimum atomic E-state index is -0.220. The van der Waals surface area contributed by atoms with Crippen molar-refractivity contribution in [3.8, 4) is 0 Å². The Hall–Kier alpha value is -4.13. The average molecular weight is 443 g/mol. The van der Waals surface area contributed by atoms with E-state index in [1.165, 1.54) is 0 Å². The molecule has 0 aliphatic carbocycles. The van der Waals surface area contributed by atoms with Crippen molar-refractivity contribution in [2.45, 2.75) is 19.4 Å². The molecule has 1 aliphatic heterocycles. The van der Waals surface area contributed by atoms with Crippen LogP contribution in [0.25, 0.3) is 0 Å². The fourth-order valence-electron chi connectivity index (χ4n) is 3.66. The van der Waals surface area contributed by atoms with Gasteiger partial charge < -0.3 is 20.9 Å². The number of carbonyl (C=O) groups is 3. The van der Waals surface area contributed by atoms with Crippen LogP contribution in [0.2, 0.25) is 0 Å². The molecule has 33 heavy (non-hydrogen) atoms. The molecule has 1 saturated heterocycles. The molecule has 4 rings (SSSR count). The minimum absolute atomic E-state index is 0.0897. The van der Waals surface area contributed by atoms with Gasteiger partial charge in [-0.1, -0.05) is 30.3 Å². The third-order valence-corrected chi connectivity index (χ3v) is 5.47. The average Bonchev–Trinajstić information content (AvgIpc) is 3.39. The number of nitrogens with zero attached hydrogens (tertiary/aromatic N) is 1. The maximum atomic E-state index is 12.5. The van der Waals surface area contributed by atoms with Crippen molar-refractivity contribution >= 4 is 29.2 Å². The summed E-state index contributed by atoms with van der Waals surface area (Å²) in [5.41, 5.74) is 3.26. The van der Waals surface area contributed by atoms with E-state index < -0.39 is 0 Å². The molecule has 1 heterocycles. The molecule has 0 saturated carbocycles. The van der Waals surface area contributed by atoms with Gasteiger partial charge in [-0.3, -0.25) is 9.59 Å². The van der Waals surface area contributed by atoms with Crippen LogP contribution in [0.4, 0.5) is 16.2 Å². The summed E-state index contributed by atoms with van der Waals surface area (Å²) in [6.07, 6.45) is 2.08. The Morgan fingerprint density at radius 1 is 0.697 bits per heavy atom. The summed E-state index contributed by atoms with van der Waals surface area (Å²) in [6, 6.07) is 23.0. The zero-order valence-electron chi connectivity index (χ0n) is 18.2. The van der Waals surface area contributed by atoms with Crippen LogP contribution in [-0.4, -0.2) is 35.8 Å². The number of likely N-dealkylation sites (tertiary alicyclic amines) is 1. The Labute approximate surface area is 192 Å². The lowest BCUT2D eigenvalue weighted by Crippen LogP contribution is -2.32. The van der Waals surface area contributed by atoms with E-state index in [0.717, 1.165) is 31.5 Å². The highest BCUT2D eigenvalue weighted by Crippen LogP contribution is 2.15. The molecule has 0 spiro atoms. The molecule has 168 valence electrons. The summed E-state index contributed by atoms with van der Waals surface area (Å²) in [7, 11) is 0. The number of urea groups is 1. The number of benzene rings is 3. The molecule has 3 aromatic rings. The van der Waals surface area contributed by atoms with Gasteiger partial charge in [0, 0.05) is 42.1 Å². The first-order chi connectivity index (χ1) is 16.1. The van der Waals surface area contributed by atoms with E-state index in [-0.39, 0.29) is 17.8 Å². The second kappa shape index (κ2) is 10.5. The molecule has 4 amide bonds. The van der Waals surface area contributed by atoms with Crippen molar-refractivity contribution in [2.75, 3.05) is 23.7 Å². The van der Waals surface area contributed by atoms with Gasteiger partial charge in [0.05, 0.1) is 0 Å². The summed E-state index contributed by atoms with van der Waals surface area (Å²) >= 11 is 0. The largest absolute Gasteiger partial charge is 0.348 e. The second-order valence-corrected chi connectivity index (χ2v) is 7.90. The van der Waals surface area contributed by atoms with Gasteiger partial charge in [0.25, 0.3) is 11.8 Å². The number of carbonyl (C=O) groups excluding carboxylic acids is 3. The van der Waals surface area contributed by atoms with Crippen LogP contribution in [0.5, 0.6) is 0 Å². The first-order valence-electron chi connectivity index (χ1n) is 11.0. The van der Waals surface area contributed by atoms with Gasteiger partial charge in [0.15, 0.2) is 0 Å². The highest BCUT2D eigenvalue weighted by atomic mass is 16.2. The highest BCUT2D eigenvalue weighted by Gasteiger charge is 2.17. The lowest BCUT2D eigenvalue weighted by atomic mass is 10.1. The van der Waals surface area contributed by atoms with Crippen LogP contribution in [0.1, 0.15) is 39.1 Å².